The van der Waals surface area contributed by atoms with Crippen LogP contribution < -0.4 is 5.73 Å². The monoisotopic (exact) mass is 271 g/mol. The first kappa shape index (κ1) is 13.3. The molecule has 0 atom stereocenters. The van der Waals surface area contributed by atoms with Crippen molar-refractivity contribution in [3.63, 3.8) is 0 Å². The number of benzene rings is 2. The van der Waals surface area contributed by atoms with Crippen LogP contribution in [-0.2, 0) is 0 Å². The van der Waals surface area contributed by atoms with Crippen LogP contribution in [0.2, 0.25) is 5.02 Å². The van der Waals surface area contributed by atoms with Gasteiger partial charge < -0.3 is 5.73 Å². The van der Waals surface area contributed by atoms with E-state index in [2.05, 4.69) is 9.98 Å². The van der Waals surface area contributed by atoms with Gasteiger partial charge in [-0.05, 0) is 12.1 Å². The second-order valence-electron chi connectivity index (χ2n) is 3.92. The molecular formula is C15H14ClN3. The maximum Gasteiger partial charge on any atom is 0.156 e. The number of nitrogens with zero attached hydrogens (tertiary/aromatic N) is 2. The molecule has 0 radical (unpaired) electrons. The molecule has 0 aliphatic carbocycles. The van der Waals surface area contributed by atoms with Gasteiger partial charge in [0, 0.05) is 23.2 Å². The Morgan fingerprint density at radius 1 is 1.00 bits per heavy atom. The van der Waals surface area contributed by atoms with E-state index >= 15 is 0 Å². The molecule has 0 aliphatic rings. The first-order chi connectivity index (χ1) is 9.20. The Labute approximate surface area is 117 Å². The van der Waals surface area contributed by atoms with Gasteiger partial charge in [-0.1, -0.05) is 54.1 Å². The molecule has 0 heterocycles. The summed E-state index contributed by atoms with van der Waals surface area (Å²) < 4.78 is 0. The Morgan fingerprint density at radius 2 is 1.68 bits per heavy atom. The molecule has 0 saturated heterocycles. The molecule has 2 aromatic rings. The van der Waals surface area contributed by atoms with Crippen LogP contribution in [0.5, 0.6) is 0 Å². The van der Waals surface area contributed by atoms with Gasteiger partial charge in [-0.2, -0.15) is 0 Å². The van der Waals surface area contributed by atoms with Gasteiger partial charge in [-0.15, -0.1) is 0 Å². The molecule has 0 aromatic heterocycles. The third-order valence-corrected chi connectivity index (χ3v) is 2.83. The van der Waals surface area contributed by atoms with Crippen molar-refractivity contribution in [2.24, 2.45) is 15.7 Å². The van der Waals surface area contributed by atoms with E-state index in [0.717, 1.165) is 11.1 Å². The van der Waals surface area contributed by atoms with Gasteiger partial charge in [-0.3, -0.25) is 4.99 Å². The van der Waals surface area contributed by atoms with Crippen LogP contribution >= 0.6 is 11.6 Å². The minimum absolute atomic E-state index is 0.432. The number of amidine groups is 2. The van der Waals surface area contributed by atoms with Crippen molar-refractivity contribution in [2.75, 3.05) is 7.05 Å². The van der Waals surface area contributed by atoms with E-state index in [9.17, 15) is 0 Å². The second-order valence-corrected chi connectivity index (χ2v) is 4.36. The summed E-state index contributed by atoms with van der Waals surface area (Å²) in [6.45, 7) is 0. The number of nitrogens with two attached hydrogens (primary N) is 1. The van der Waals surface area contributed by atoms with Crippen molar-refractivity contribution in [1.82, 2.24) is 0 Å². The maximum absolute atomic E-state index is 5.98. The topological polar surface area (TPSA) is 50.7 Å². The minimum Gasteiger partial charge on any atom is -0.383 e. The van der Waals surface area contributed by atoms with Crippen LogP contribution in [0.1, 0.15) is 11.1 Å². The Balaban J connectivity index is 2.35. The molecule has 0 spiro atoms. The van der Waals surface area contributed by atoms with Crippen LogP contribution in [0.3, 0.4) is 0 Å². The van der Waals surface area contributed by atoms with Crippen molar-refractivity contribution < 1.29 is 0 Å². The zero-order valence-electron chi connectivity index (χ0n) is 10.5. The minimum atomic E-state index is 0.432. The zero-order chi connectivity index (χ0) is 13.7. The molecule has 2 aromatic carbocycles. The molecule has 19 heavy (non-hydrogen) atoms. The zero-order valence-corrected chi connectivity index (χ0v) is 11.3. The number of hydrogen-bond acceptors (Lipinski definition) is 1. The molecule has 2 rings (SSSR count). The lowest BCUT2D eigenvalue weighted by Crippen LogP contribution is -2.16. The highest BCUT2D eigenvalue weighted by Gasteiger charge is 2.04. The summed E-state index contributed by atoms with van der Waals surface area (Å²) in [5.41, 5.74) is 7.69. The van der Waals surface area contributed by atoms with E-state index in [1.807, 2.05) is 54.6 Å². The first-order valence-electron chi connectivity index (χ1n) is 5.83. The average Bonchev–Trinajstić information content (AvgIpc) is 2.45. The molecule has 4 heteroatoms. The van der Waals surface area contributed by atoms with Gasteiger partial charge in [-0.25, -0.2) is 4.99 Å². The van der Waals surface area contributed by atoms with Crippen molar-refractivity contribution in [1.29, 1.82) is 0 Å². The highest BCUT2D eigenvalue weighted by Crippen LogP contribution is 2.12. The van der Waals surface area contributed by atoms with E-state index in [1.54, 1.807) is 7.05 Å². The third kappa shape index (κ3) is 3.42. The Morgan fingerprint density at radius 3 is 2.32 bits per heavy atom. The number of rotatable bonds is 2. The summed E-state index contributed by atoms with van der Waals surface area (Å²) in [7, 11) is 1.68. The van der Waals surface area contributed by atoms with E-state index in [-0.39, 0.29) is 0 Å². The van der Waals surface area contributed by atoms with Crippen molar-refractivity contribution >= 4 is 23.3 Å². The van der Waals surface area contributed by atoms with Crippen LogP contribution in [0.15, 0.2) is 64.6 Å². The molecule has 96 valence electrons. The molecule has 0 bridgehead atoms. The van der Waals surface area contributed by atoms with Crippen LogP contribution in [0.4, 0.5) is 0 Å². The Bertz CT molecular complexity index is 618. The molecular weight excluding hydrogens is 258 g/mol. The van der Waals surface area contributed by atoms with Gasteiger partial charge >= 0.3 is 0 Å². The lowest BCUT2D eigenvalue weighted by atomic mass is 10.2. The lowest BCUT2D eigenvalue weighted by Gasteiger charge is -2.04. The second kappa shape index (κ2) is 6.16. The van der Waals surface area contributed by atoms with Crippen LogP contribution in [-0.4, -0.2) is 18.7 Å². The molecule has 2 N–H and O–H groups in total. The van der Waals surface area contributed by atoms with E-state index in [1.165, 1.54) is 0 Å². The normalized spacial score (nSPS) is 12.5. The summed E-state index contributed by atoms with van der Waals surface area (Å²) in [6.07, 6.45) is 0. The number of halogens is 1. The van der Waals surface area contributed by atoms with Gasteiger partial charge in [0.25, 0.3) is 0 Å². The maximum atomic E-state index is 5.98. The Kier molecular flexibility index (Phi) is 4.31. The lowest BCUT2D eigenvalue weighted by molar-refractivity contribution is 1.37. The Hall–Kier alpha value is -2.13. The molecule has 0 unspecified atom stereocenters. The average molecular weight is 272 g/mol. The fourth-order valence-corrected chi connectivity index (χ4v) is 1.85. The highest BCUT2D eigenvalue weighted by molar-refractivity contribution is 6.31. The van der Waals surface area contributed by atoms with Gasteiger partial charge in [0.1, 0.15) is 5.84 Å². The van der Waals surface area contributed by atoms with E-state index in [4.69, 9.17) is 17.3 Å². The third-order valence-electron chi connectivity index (χ3n) is 2.59. The number of hydrogen-bond donors (Lipinski definition) is 1. The molecule has 0 fully saturated rings. The summed E-state index contributed by atoms with van der Waals surface area (Å²) in [4.78, 5) is 8.52. The van der Waals surface area contributed by atoms with Gasteiger partial charge in [0.05, 0.1) is 0 Å². The van der Waals surface area contributed by atoms with E-state index in [0.29, 0.717) is 16.7 Å². The predicted octanol–water partition coefficient (Wildman–Crippen LogP) is 3.12. The molecule has 3 nitrogen and oxygen atoms in total. The van der Waals surface area contributed by atoms with Crippen LogP contribution in [0, 0.1) is 0 Å². The SMILES string of the molecule is CN=C(N=C(N)c1ccccc1)c1cccc(Cl)c1. The summed E-state index contributed by atoms with van der Waals surface area (Å²) in [6, 6.07) is 17.0. The van der Waals surface area contributed by atoms with E-state index < -0.39 is 0 Å². The fraction of sp³-hybridized carbons (Fsp3) is 0.0667. The smallest absolute Gasteiger partial charge is 0.156 e. The standard InChI is InChI=1S/C15H14ClN3/c1-18-15(12-8-5-9-13(16)10-12)19-14(17)11-6-3-2-4-7-11/h2-10H,1H3,(H2,17,18,19). The number of aliphatic imine (C=N–C) groups is 2. The quantitative estimate of drug-likeness (QED) is 0.662. The largest absolute Gasteiger partial charge is 0.383 e. The fourth-order valence-electron chi connectivity index (χ4n) is 1.66. The van der Waals surface area contributed by atoms with Crippen molar-refractivity contribution in [3.05, 3.63) is 70.7 Å². The summed E-state index contributed by atoms with van der Waals surface area (Å²) in [5.74, 6) is 0.991. The first-order valence-corrected chi connectivity index (χ1v) is 6.21. The van der Waals surface area contributed by atoms with Crippen molar-refractivity contribution in [2.45, 2.75) is 0 Å². The summed E-state index contributed by atoms with van der Waals surface area (Å²) >= 11 is 5.96. The van der Waals surface area contributed by atoms with Crippen molar-refractivity contribution in [3.8, 4) is 0 Å². The van der Waals surface area contributed by atoms with Gasteiger partial charge in [0.15, 0.2) is 5.84 Å². The molecule has 0 amide bonds. The molecule has 0 saturated carbocycles. The molecule has 0 aliphatic heterocycles. The van der Waals surface area contributed by atoms with Crippen LogP contribution in [0.25, 0.3) is 0 Å². The summed E-state index contributed by atoms with van der Waals surface area (Å²) in [5, 5.41) is 0.645. The highest BCUT2D eigenvalue weighted by atomic mass is 35.5. The van der Waals surface area contributed by atoms with Gasteiger partial charge in [0.2, 0.25) is 0 Å². The predicted molar refractivity (Wildman–Crippen MR) is 81.1 cm³/mol.